The third kappa shape index (κ3) is 1.45. The van der Waals surface area contributed by atoms with Gasteiger partial charge < -0.3 is 4.74 Å². The van der Waals surface area contributed by atoms with Crippen LogP contribution in [0.3, 0.4) is 0 Å². The van der Waals surface area contributed by atoms with Crippen molar-refractivity contribution < 1.29 is 9.53 Å². The van der Waals surface area contributed by atoms with Crippen LogP contribution in [0.1, 0.15) is 27.7 Å². The molecule has 0 N–H and O–H groups in total. The largest absolute Gasteiger partial charge is 0.367 e. The van der Waals surface area contributed by atoms with Crippen LogP contribution in [0, 0.1) is 11.8 Å². The predicted octanol–water partition coefficient (Wildman–Crippen LogP) is 1.63. The maximum Gasteiger partial charge on any atom is 0.158 e. The van der Waals surface area contributed by atoms with E-state index in [4.69, 9.17) is 4.74 Å². The fourth-order valence-corrected chi connectivity index (χ4v) is 1.65. The van der Waals surface area contributed by atoms with Gasteiger partial charge in [0, 0.05) is 0 Å². The summed E-state index contributed by atoms with van der Waals surface area (Å²) in [5.41, 5.74) is 0. The van der Waals surface area contributed by atoms with Crippen molar-refractivity contribution in [3.63, 3.8) is 0 Å². The molecule has 4 unspecified atom stereocenters. The van der Waals surface area contributed by atoms with Crippen LogP contribution >= 0.6 is 0 Å². The molecule has 0 spiro atoms. The summed E-state index contributed by atoms with van der Waals surface area (Å²) in [7, 11) is 0. The van der Waals surface area contributed by atoms with Gasteiger partial charge in [-0.1, -0.05) is 13.8 Å². The lowest BCUT2D eigenvalue weighted by Gasteiger charge is -2.12. The summed E-state index contributed by atoms with van der Waals surface area (Å²) in [6.07, 6.45) is 0.0823. The highest BCUT2D eigenvalue weighted by Crippen LogP contribution is 2.31. The topological polar surface area (TPSA) is 26.3 Å². The molecule has 1 rings (SSSR count). The van der Waals surface area contributed by atoms with E-state index >= 15 is 0 Å². The highest BCUT2D eigenvalue weighted by Gasteiger charge is 2.38. The third-order valence-corrected chi connectivity index (χ3v) is 2.81. The summed E-state index contributed by atoms with van der Waals surface area (Å²) in [6.45, 7) is 7.86. The van der Waals surface area contributed by atoms with E-state index in [0.29, 0.717) is 11.8 Å². The zero-order chi connectivity index (χ0) is 8.59. The Balaban J connectivity index is 2.67. The van der Waals surface area contributed by atoms with Gasteiger partial charge in [-0.2, -0.15) is 0 Å². The Labute approximate surface area is 67.9 Å². The molecule has 2 nitrogen and oxygen atoms in total. The first-order valence-corrected chi connectivity index (χ1v) is 4.20. The lowest BCUT2D eigenvalue weighted by molar-refractivity contribution is -0.128. The first-order valence-electron chi connectivity index (χ1n) is 4.20. The number of ether oxygens (including phenoxy) is 1. The quantitative estimate of drug-likeness (QED) is 0.577. The number of rotatable bonds is 1. The van der Waals surface area contributed by atoms with Crippen molar-refractivity contribution in [2.24, 2.45) is 11.8 Å². The van der Waals surface area contributed by atoms with Crippen molar-refractivity contribution in [2.45, 2.75) is 39.9 Å². The van der Waals surface area contributed by atoms with Crippen LogP contribution in [0.2, 0.25) is 0 Å². The molecule has 1 aliphatic rings. The Kier molecular flexibility index (Phi) is 2.33. The summed E-state index contributed by atoms with van der Waals surface area (Å²) in [5, 5.41) is 0. The zero-order valence-electron chi connectivity index (χ0n) is 7.63. The maximum atomic E-state index is 11.0. The van der Waals surface area contributed by atoms with Gasteiger partial charge in [0.15, 0.2) is 5.78 Å². The Hall–Kier alpha value is -0.370. The van der Waals surface area contributed by atoms with Crippen LogP contribution in [-0.2, 0) is 9.53 Å². The highest BCUT2D eigenvalue weighted by molar-refractivity contribution is 5.81. The number of carbonyl (C=O) groups is 1. The van der Waals surface area contributed by atoms with Crippen LogP contribution in [0.5, 0.6) is 0 Å². The van der Waals surface area contributed by atoms with Gasteiger partial charge in [0.2, 0.25) is 0 Å². The van der Waals surface area contributed by atoms with E-state index in [-0.39, 0.29) is 18.0 Å². The predicted molar refractivity (Wildman–Crippen MR) is 43.3 cm³/mol. The van der Waals surface area contributed by atoms with Crippen LogP contribution < -0.4 is 0 Å². The Morgan fingerprint density at radius 3 is 1.91 bits per heavy atom. The molecule has 0 amide bonds. The number of hydrogen-bond donors (Lipinski definition) is 0. The van der Waals surface area contributed by atoms with E-state index in [1.54, 1.807) is 6.92 Å². The van der Waals surface area contributed by atoms with E-state index in [0.717, 1.165) is 0 Å². The molecule has 0 bridgehead atoms. The van der Waals surface area contributed by atoms with Crippen LogP contribution in [0.25, 0.3) is 0 Å². The van der Waals surface area contributed by atoms with E-state index in [2.05, 4.69) is 13.8 Å². The van der Waals surface area contributed by atoms with Gasteiger partial charge in [-0.05, 0) is 25.7 Å². The van der Waals surface area contributed by atoms with Crippen molar-refractivity contribution in [2.75, 3.05) is 0 Å². The minimum Gasteiger partial charge on any atom is -0.367 e. The van der Waals surface area contributed by atoms with Gasteiger partial charge in [0.1, 0.15) is 6.10 Å². The Bertz CT molecular complexity index is 165. The molecular formula is C9H16O2. The molecule has 2 heteroatoms. The number of hydrogen-bond acceptors (Lipinski definition) is 2. The number of Topliss-reactive ketones (excluding diaryl/α,β-unsaturated/α-hetero) is 1. The molecule has 64 valence electrons. The second-order valence-electron chi connectivity index (χ2n) is 3.59. The van der Waals surface area contributed by atoms with Crippen molar-refractivity contribution in [1.82, 2.24) is 0 Å². The van der Waals surface area contributed by atoms with Gasteiger partial charge in [-0.15, -0.1) is 0 Å². The lowest BCUT2D eigenvalue weighted by atomic mass is 9.90. The number of carbonyl (C=O) groups excluding carboxylic acids is 1. The van der Waals surface area contributed by atoms with Gasteiger partial charge in [0.25, 0.3) is 0 Å². The molecule has 0 aromatic carbocycles. The molecule has 4 atom stereocenters. The second kappa shape index (κ2) is 2.94. The maximum absolute atomic E-state index is 11.0. The van der Waals surface area contributed by atoms with Crippen LogP contribution in [0.15, 0.2) is 0 Å². The average Bonchev–Trinajstić information content (AvgIpc) is 2.17. The molecule has 0 aromatic heterocycles. The molecular weight excluding hydrogens is 140 g/mol. The van der Waals surface area contributed by atoms with E-state index < -0.39 is 0 Å². The lowest BCUT2D eigenvalue weighted by Crippen LogP contribution is -2.23. The van der Waals surface area contributed by atoms with Gasteiger partial charge in [-0.3, -0.25) is 4.79 Å². The molecule has 1 aliphatic heterocycles. The molecule has 0 aromatic rings. The van der Waals surface area contributed by atoms with Gasteiger partial charge in [0.05, 0.1) is 6.10 Å². The molecule has 0 saturated carbocycles. The van der Waals surface area contributed by atoms with Crippen molar-refractivity contribution in [3.8, 4) is 0 Å². The minimum absolute atomic E-state index is 0.153. The summed E-state index contributed by atoms with van der Waals surface area (Å²) in [4.78, 5) is 11.0. The second-order valence-corrected chi connectivity index (χ2v) is 3.59. The van der Waals surface area contributed by atoms with E-state index in [1.165, 1.54) is 0 Å². The van der Waals surface area contributed by atoms with Gasteiger partial charge in [-0.25, -0.2) is 0 Å². The zero-order valence-corrected chi connectivity index (χ0v) is 7.63. The van der Waals surface area contributed by atoms with Crippen molar-refractivity contribution in [3.05, 3.63) is 0 Å². The fourth-order valence-electron chi connectivity index (χ4n) is 1.65. The molecule has 0 radical (unpaired) electrons. The third-order valence-electron chi connectivity index (χ3n) is 2.81. The van der Waals surface area contributed by atoms with Crippen LogP contribution in [-0.4, -0.2) is 18.0 Å². The van der Waals surface area contributed by atoms with E-state index in [9.17, 15) is 4.79 Å². The normalized spacial score (nSPS) is 44.4. The number of ketones is 1. The molecule has 0 aliphatic carbocycles. The summed E-state index contributed by atoms with van der Waals surface area (Å²) >= 11 is 0. The summed E-state index contributed by atoms with van der Waals surface area (Å²) in [5.74, 6) is 1.04. The first kappa shape index (κ1) is 8.72. The average molecular weight is 156 g/mol. The van der Waals surface area contributed by atoms with Crippen LogP contribution in [0.4, 0.5) is 0 Å². The molecule has 1 saturated heterocycles. The Morgan fingerprint density at radius 1 is 1.18 bits per heavy atom. The smallest absolute Gasteiger partial charge is 0.158 e. The SMILES string of the molecule is CC(=O)C1OC(C)C(C)C1C. The molecule has 1 fully saturated rings. The summed E-state index contributed by atoms with van der Waals surface area (Å²) < 4.78 is 5.50. The summed E-state index contributed by atoms with van der Waals surface area (Å²) in [6, 6.07) is 0. The monoisotopic (exact) mass is 156 g/mol. The minimum atomic E-state index is -0.153. The van der Waals surface area contributed by atoms with Crippen molar-refractivity contribution >= 4 is 5.78 Å². The standard InChI is InChI=1S/C9H16O2/c1-5-6(2)9(7(3)10)11-8(5)4/h5-6,8-9H,1-4H3. The van der Waals surface area contributed by atoms with Gasteiger partial charge >= 0.3 is 0 Å². The molecule has 11 heavy (non-hydrogen) atoms. The van der Waals surface area contributed by atoms with Crippen molar-refractivity contribution in [1.29, 1.82) is 0 Å². The highest BCUT2D eigenvalue weighted by atomic mass is 16.5. The first-order chi connectivity index (χ1) is 5.04. The Morgan fingerprint density at radius 2 is 1.73 bits per heavy atom. The van der Waals surface area contributed by atoms with E-state index in [1.807, 2.05) is 6.92 Å². The fraction of sp³-hybridized carbons (Fsp3) is 0.889. The molecule has 1 heterocycles.